The van der Waals surface area contributed by atoms with E-state index in [0.717, 1.165) is 16.3 Å². The van der Waals surface area contributed by atoms with Crippen LogP contribution in [0.3, 0.4) is 0 Å². The Morgan fingerprint density at radius 1 is 1.39 bits per heavy atom. The highest BCUT2D eigenvalue weighted by Crippen LogP contribution is 2.51. The first kappa shape index (κ1) is 14.6. The second-order valence-electron chi connectivity index (χ2n) is 6.29. The molecule has 1 unspecified atom stereocenters. The zero-order valence-corrected chi connectivity index (χ0v) is 13.6. The number of piperidine rings is 1. The zero-order valence-electron chi connectivity index (χ0n) is 12.8. The van der Waals surface area contributed by atoms with E-state index in [9.17, 15) is 9.18 Å². The molecule has 4 nitrogen and oxygen atoms in total. The third-order valence-electron chi connectivity index (χ3n) is 4.86. The number of urea groups is 1. The number of carbonyl (C=O) groups is 1. The van der Waals surface area contributed by atoms with Gasteiger partial charge in [-0.15, -0.1) is 11.3 Å². The predicted molar refractivity (Wildman–Crippen MR) is 89.3 cm³/mol. The number of aryl methyl sites for hydroxylation is 1. The molecule has 2 aliphatic rings. The van der Waals surface area contributed by atoms with Crippen LogP contribution < -0.4 is 5.32 Å². The van der Waals surface area contributed by atoms with E-state index >= 15 is 0 Å². The minimum atomic E-state index is -0.255. The number of likely N-dealkylation sites (tertiary alicyclic amines) is 1. The first-order valence-electron chi connectivity index (χ1n) is 7.81. The lowest BCUT2D eigenvalue weighted by Gasteiger charge is -2.20. The van der Waals surface area contributed by atoms with Crippen LogP contribution in [0.15, 0.2) is 30.5 Å². The minimum absolute atomic E-state index is 0.114. The Kier molecular flexibility index (Phi) is 3.56. The van der Waals surface area contributed by atoms with Crippen molar-refractivity contribution in [3.05, 3.63) is 35.3 Å². The highest BCUT2D eigenvalue weighted by Gasteiger charge is 2.56. The minimum Gasteiger partial charge on any atom is -0.324 e. The molecule has 2 fully saturated rings. The van der Waals surface area contributed by atoms with Crippen LogP contribution in [0.5, 0.6) is 0 Å². The van der Waals surface area contributed by atoms with E-state index in [1.165, 1.54) is 4.88 Å². The van der Waals surface area contributed by atoms with Crippen LogP contribution in [0.25, 0.3) is 10.6 Å². The average Bonchev–Trinajstić information content (AvgIpc) is 2.91. The summed E-state index contributed by atoms with van der Waals surface area (Å²) < 4.78 is 12.7. The predicted octanol–water partition coefficient (Wildman–Crippen LogP) is 3.80. The van der Waals surface area contributed by atoms with E-state index in [4.69, 9.17) is 0 Å². The number of thiophene rings is 1. The number of nitrogens with zero attached hydrogens (tertiary/aromatic N) is 2. The van der Waals surface area contributed by atoms with E-state index in [2.05, 4.69) is 10.3 Å². The molecule has 0 radical (unpaired) electrons. The number of carbonyl (C=O) groups excluding carboxylic acids is 1. The molecule has 3 heterocycles. The second-order valence-corrected chi connectivity index (χ2v) is 7.58. The summed E-state index contributed by atoms with van der Waals surface area (Å²) >= 11 is 1.66. The summed E-state index contributed by atoms with van der Waals surface area (Å²) in [6.07, 6.45) is 1.73. The molecule has 4 rings (SSSR count). The van der Waals surface area contributed by atoms with E-state index in [-0.39, 0.29) is 18.6 Å². The van der Waals surface area contributed by atoms with Gasteiger partial charge in [-0.2, -0.15) is 0 Å². The van der Waals surface area contributed by atoms with Gasteiger partial charge in [0.2, 0.25) is 0 Å². The van der Waals surface area contributed by atoms with Crippen molar-refractivity contribution >= 4 is 23.1 Å². The third-order valence-corrected chi connectivity index (χ3v) is 5.87. The van der Waals surface area contributed by atoms with Crippen LogP contribution in [-0.2, 0) is 0 Å². The maximum Gasteiger partial charge on any atom is 0.321 e. The van der Waals surface area contributed by atoms with Gasteiger partial charge in [-0.25, -0.2) is 4.79 Å². The van der Waals surface area contributed by atoms with Crippen molar-refractivity contribution in [2.45, 2.75) is 6.92 Å². The number of halogens is 1. The lowest BCUT2D eigenvalue weighted by atomic mass is 10.2. The Morgan fingerprint density at radius 3 is 2.83 bits per heavy atom. The molecule has 1 saturated heterocycles. The maximum atomic E-state index is 12.7. The van der Waals surface area contributed by atoms with Crippen molar-refractivity contribution in [2.24, 2.45) is 17.8 Å². The topological polar surface area (TPSA) is 45.2 Å². The first-order chi connectivity index (χ1) is 11.2. The van der Waals surface area contributed by atoms with E-state index in [1.54, 1.807) is 22.4 Å². The number of hydrogen-bond acceptors (Lipinski definition) is 3. The molecule has 0 aromatic carbocycles. The summed E-state index contributed by atoms with van der Waals surface area (Å²) in [7, 11) is 0. The second kappa shape index (κ2) is 5.60. The molecule has 1 aliphatic carbocycles. The molecule has 0 bridgehead atoms. The molecule has 1 aliphatic heterocycles. The average molecular weight is 331 g/mol. The van der Waals surface area contributed by atoms with E-state index in [1.807, 2.05) is 31.2 Å². The van der Waals surface area contributed by atoms with Gasteiger partial charge in [-0.3, -0.25) is 9.37 Å². The lowest BCUT2D eigenvalue weighted by Crippen LogP contribution is -2.35. The van der Waals surface area contributed by atoms with Crippen LogP contribution in [-0.4, -0.2) is 35.7 Å². The van der Waals surface area contributed by atoms with Gasteiger partial charge in [-0.1, -0.05) is 0 Å². The summed E-state index contributed by atoms with van der Waals surface area (Å²) in [5, 5.41) is 2.97. The fourth-order valence-corrected chi connectivity index (χ4v) is 4.38. The van der Waals surface area contributed by atoms with Crippen molar-refractivity contribution < 1.29 is 9.18 Å². The van der Waals surface area contributed by atoms with E-state index in [0.29, 0.717) is 24.9 Å². The lowest BCUT2D eigenvalue weighted by molar-refractivity contribution is 0.212. The molecule has 2 aromatic heterocycles. The van der Waals surface area contributed by atoms with Gasteiger partial charge in [0.05, 0.1) is 17.2 Å². The Morgan fingerprint density at radius 2 is 2.17 bits per heavy atom. The Bertz CT molecular complexity index is 735. The fourth-order valence-electron chi connectivity index (χ4n) is 3.50. The monoisotopic (exact) mass is 331 g/mol. The number of nitrogens with one attached hydrogen (secondary N) is 1. The van der Waals surface area contributed by atoms with Crippen molar-refractivity contribution in [1.82, 2.24) is 9.88 Å². The number of pyridine rings is 1. The van der Waals surface area contributed by atoms with Gasteiger partial charge in [0, 0.05) is 24.2 Å². The zero-order chi connectivity index (χ0) is 16.0. The van der Waals surface area contributed by atoms with Crippen molar-refractivity contribution in [3.63, 3.8) is 0 Å². The Labute approximate surface area is 138 Å². The highest BCUT2D eigenvalue weighted by atomic mass is 32.1. The van der Waals surface area contributed by atoms with Crippen LogP contribution in [0.1, 0.15) is 4.88 Å². The molecule has 3 atom stereocenters. The molecular formula is C17H18FN3OS. The van der Waals surface area contributed by atoms with Gasteiger partial charge in [0.1, 0.15) is 5.69 Å². The smallest absolute Gasteiger partial charge is 0.321 e. The normalized spacial score (nSPS) is 25.3. The third kappa shape index (κ3) is 2.61. The summed E-state index contributed by atoms with van der Waals surface area (Å²) in [4.78, 5) is 20.9. The molecule has 23 heavy (non-hydrogen) atoms. The largest absolute Gasteiger partial charge is 0.324 e. The highest BCUT2D eigenvalue weighted by molar-refractivity contribution is 7.15. The fraction of sp³-hybridized carbons (Fsp3) is 0.412. The van der Waals surface area contributed by atoms with Gasteiger partial charge in [-0.05, 0) is 48.9 Å². The van der Waals surface area contributed by atoms with E-state index < -0.39 is 0 Å². The number of anilines is 1. The van der Waals surface area contributed by atoms with Crippen molar-refractivity contribution in [1.29, 1.82) is 0 Å². The number of rotatable bonds is 3. The quantitative estimate of drug-likeness (QED) is 0.930. The summed E-state index contributed by atoms with van der Waals surface area (Å²) in [6, 6.07) is 7.65. The molecule has 1 saturated carbocycles. The van der Waals surface area contributed by atoms with Gasteiger partial charge in [0.25, 0.3) is 0 Å². The molecule has 120 valence electrons. The maximum absolute atomic E-state index is 12.7. The molecule has 6 heteroatoms. The number of alkyl halides is 1. The number of aromatic nitrogens is 1. The Hall–Kier alpha value is -1.95. The van der Waals surface area contributed by atoms with Crippen LogP contribution in [0.4, 0.5) is 14.9 Å². The van der Waals surface area contributed by atoms with Crippen molar-refractivity contribution in [3.8, 4) is 10.6 Å². The van der Waals surface area contributed by atoms with Crippen LogP contribution in [0.2, 0.25) is 0 Å². The molecule has 0 spiro atoms. The van der Waals surface area contributed by atoms with Gasteiger partial charge >= 0.3 is 6.03 Å². The van der Waals surface area contributed by atoms with Gasteiger partial charge in [0.15, 0.2) is 0 Å². The Balaban J connectivity index is 1.48. The van der Waals surface area contributed by atoms with Crippen LogP contribution in [0, 0.1) is 24.7 Å². The molecule has 1 N–H and O–H groups in total. The summed E-state index contributed by atoms with van der Waals surface area (Å²) in [5.41, 5.74) is 1.52. The molecule has 2 aromatic rings. The van der Waals surface area contributed by atoms with Crippen molar-refractivity contribution in [2.75, 3.05) is 25.1 Å². The van der Waals surface area contributed by atoms with Crippen LogP contribution >= 0.6 is 11.3 Å². The number of fused-ring (bicyclic) bond motifs is 1. The standard InChI is InChI=1S/C17H18FN3OS/c1-10-4-5-15(23-10)16-14(3-2-6-19-16)20-17(22)21-8-12-11(7-18)13(12)9-21/h2-6,11-13H,7-9H2,1H3,(H,20,22)/t11?,12-,13+. The summed E-state index contributed by atoms with van der Waals surface area (Å²) in [5.74, 6) is 0.903. The SMILES string of the molecule is Cc1ccc(-c2ncccc2NC(=O)N2C[C@@H]3C(CF)[C@@H]3C2)s1. The number of hydrogen-bond donors (Lipinski definition) is 1. The van der Waals surface area contributed by atoms with Gasteiger partial charge < -0.3 is 10.2 Å². The summed E-state index contributed by atoms with van der Waals surface area (Å²) in [6.45, 7) is 3.13. The molecule has 2 amide bonds. The molecular weight excluding hydrogens is 313 g/mol. The number of amides is 2. The first-order valence-corrected chi connectivity index (χ1v) is 8.62.